The van der Waals surface area contributed by atoms with Crippen LogP contribution in [0.5, 0.6) is 0 Å². The highest BCUT2D eigenvalue weighted by Gasteiger charge is 2.47. The second-order valence-electron chi connectivity index (χ2n) is 25.7. The van der Waals surface area contributed by atoms with E-state index < -0.39 is 67.4 Å². The van der Waals surface area contributed by atoms with Gasteiger partial charge in [-0.05, 0) is 57.8 Å². The van der Waals surface area contributed by atoms with Gasteiger partial charge in [0.25, 0.3) is 0 Å². The van der Waals surface area contributed by atoms with Gasteiger partial charge in [0.15, 0.2) is 12.4 Å². The molecule has 0 spiro atoms. The van der Waals surface area contributed by atoms with Crippen molar-refractivity contribution in [2.24, 2.45) is 0 Å². The number of ether oxygens (including phenoxy) is 3. The molecule has 1 aliphatic rings. The Morgan fingerprint density at radius 2 is 0.812 bits per heavy atom. The third-order valence-corrected chi connectivity index (χ3v) is 17.5. The molecule has 1 saturated heterocycles. The minimum Gasteiger partial charge on any atom is -0.454 e. The fraction of sp³-hybridized carbons (Fsp3) is 0.892. The maximum atomic E-state index is 13.5. The van der Waals surface area contributed by atoms with Crippen molar-refractivity contribution in [2.75, 3.05) is 13.2 Å². The summed E-state index contributed by atoms with van der Waals surface area (Å²) in [6.45, 7) is 5.82. The molecular weight excluding hydrogens is 1060 g/mol. The quantitative estimate of drug-likeness (QED) is 0.0195. The molecule has 0 aromatic heterocycles. The summed E-state index contributed by atoms with van der Waals surface area (Å²) < 4.78 is 17.7. The normalized spacial score (nSPS) is 18.5. The van der Waals surface area contributed by atoms with Crippen molar-refractivity contribution in [1.82, 2.24) is 5.32 Å². The zero-order valence-corrected chi connectivity index (χ0v) is 55.8. The Morgan fingerprint density at radius 1 is 0.459 bits per heavy atom. The van der Waals surface area contributed by atoms with Crippen molar-refractivity contribution in [2.45, 2.75) is 410 Å². The molecule has 0 saturated carbocycles. The van der Waals surface area contributed by atoms with E-state index in [2.05, 4.69) is 50.4 Å². The number of carbonyl (C=O) groups is 2. The molecule has 6 N–H and O–H groups in total. The Hall–Kier alpha value is -2.12. The standard InChI is InChI=1S/C74H139NO10/c1-4-7-10-13-16-19-22-24-26-28-30-32-33-34-35-36-38-40-42-44-47-50-53-56-59-62-69(79)85-72-71(81)70(80)68(63-76)84-74(72)83-64-65(66(77)60-57-54-51-48-45-21-18-15-12-9-6-3)75-73(82)67(78)61-58-55-52-49-46-43-41-39-37-31-29-27-25-23-20-17-14-11-8-5-2/h16,19,24,26,57,60,65-68,70-72,74,76-78,80-81H,4-15,17-18,20-23,25,27-56,58-59,61-64H2,1-3H3,(H,75,82)/b19-16-,26-24-,60-57+. The van der Waals surface area contributed by atoms with Crippen LogP contribution in [-0.4, -0.2) is 99.6 Å². The largest absolute Gasteiger partial charge is 0.454 e. The van der Waals surface area contributed by atoms with Gasteiger partial charge in [-0.2, -0.15) is 0 Å². The summed E-state index contributed by atoms with van der Waals surface area (Å²) in [4.78, 5) is 26.7. The summed E-state index contributed by atoms with van der Waals surface area (Å²) >= 11 is 0. The number of allylic oxidation sites excluding steroid dienone is 5. The summed E-state index contributed by atoms with van der Waals surface area (Å²) in [5.41, 5.74) is 0. The number of hydrogen-bond donors (Lipinski definition) is 6. The monoisotopic (exact) mass is 1200 g/mol. The van der Waals surface area contributed by atoms with Crippen molar-refractivity contribution in [1.29, 1.82) is 0 Å². The molecule has 1 fully saturated rings. The fourth-order valence-corrected chi connectivity index (χ4v) is 11.7. The van der Waals surface area contributed by atoms with E-state index in [0.29, 0.717) is 19.3 Å². The van der Waals surface area contributed by atoms with Crippen LogP contribution < -0.4 is 5.32 Å². The average molecular weight is 1200 g/mol. The van der Waals surface area contributed by atoms with Gasteiger partial charge in [0.05, 0.1) is 25.4 Å². The fourth-order valence-electron chi connectivity index (χ4n) is 11.7. The molecule has 11 nitrogen and oxygen atoms in total. The molecule has 0 aromatic carbocycles. The number of esters is 1. The Kier molecular flexibility index (Phi) is 59.1. The number of hydrogen-bond acceptors (Lipinski definition) is 10. The van der Waals surface area contributed by atoms with E-state index in [4.69, 9.17) is 14.2 Å². The van der Waals surface area contributed by atoms with Crippen molar-refractivity contribution < 1.29 is 49.3 Å². The number of carbonyl (C=O) groups excluding carboxylic acids is 2. The third kappa shape index (κ3) is 49.4. The van der Waals surface area contributed by atoms with E-state index >= 15 is 0 Å². The van der Waals surface area contributed by atoms with Crippen LogP contribution >= 0.6 is 0 Å². The van der Waals surface area contributed by atoms with Gasteiger partial charge >= 0.3 is 5.97 Å². The highest BCUT2D eigenvalue weighted by molar-refractivity contribution is 5.80. The molecule has 11 heteroatoms. The maximum Gasteiger partial charge on any atom is 0.306 e. The molecule has 1 amide bonds. The van der Waals surface area contributed by atoms with Gasteiger partial charge in [-0.1, -0.05) is 333 Å². The topological polar surface area (TPSA) is 175 Å². The van der Waals surface area contributed by atoms with Crippen molar-refractivity contribution >= 4 is 11.9 Å². The summed E-state index contributed by atoms with van der Waals surface area (Å²) in [5.74, 6) is -1.18. The van der Waals surface area contributed by atoms with Gasteiger partial charge in [0.1, 0.15) is 24.4 Å². The van der Waals surface area contributed by atoms with E-state index in [-0.39, 0.29) is 13.0 Å². The van der Waals surface area contributed by atoms with E-state index in [1.807, 2.05) is 6.08 Å². The molecule has 0 radical (unpaired) electrons. The van der Waals surface area contributed by atoms with E-state index in [1.165, 1.54) is 250 Å². The Morgan fingerprint density at radius 3 is 1.22 bits per heavy atom. The second kappa shape index (κ2) is 62.1. The lowest BCUT2D eigenvalue weighted by Gasteiger charge is -2.41. The molecule has 0 bridgehead atoms. The first kappa shape index (κ1) is 80.9. The summed E-state index contributed by atoms with van der Waals surface area (Å²) in [5, 5.41) is 57.2. The summed E-state index contributed by atoms with van der Waals surface area (Å²) in [6.07, 6.45) is 66.2. The van der Waals surface area contributed by atoms with Crippen LogP contribution in [-0.2, 0) is 23.8 Å². The highest BCUT2D eigenvalue weighted by Crippen LogP contribution is 2.27. The summed E-state index contributed by atoms with van der Waals surface area (Å²) in [6, 6.07) is -1.02. The molecular formula is C74H139NO10. The van der Waals surface area contributed by atoms with Gasteiger partial charge in [-0.3, -0.25) is 9.59 Å². The van der Waals surface area contributed by atoms with Crippen LogP contribution in [0, 0.1) is 0 Å². The molecule has 85 heavy (non-hydrogen) atoms. The minimum atomic E-state index is -1.61. The van der Waals surface area contributed by atoms with E-state index in [9.17, 15) is 35.1 Å². The van der Waals surface area contributed by atoms with E-state index in [1.54, 1.807) is 6.08 Å². The Labute approximate surface area is 523 Å². The first-order valence-corrected chi connectivity index (χ1v) is 36.8. The second-order valence-corrected chi connectivity index (χ2v) is 25.7. The van der Waals surface area contributed by atoms with Gasteiger partial charge in [0.2, 0.25) is 5.91 Å². The van der Waals surface area contributed by atoms with E-state index in [0.717, 1.165) is 64.2 Å². The van der Waals surface area contributed by atoms with Crippen molar-refractivity contribution in [3.05, 3.63) is 36.5 Å². The van der Waals surface area contributed by atoms with Crippen LogP contribution in [0.15, 0.2) is 36.5 Å². The number of amides is 1. The predicted octanol–water partition coefficient (Wildman–Crippen LogP) is 19.0. The van der Waals surface area contributed by atoms with Crippen molar-refractivity contribution in [3.8, 4) is 0 Å². The smallest absolute Gasteiger partial charge is 0.306 e. The molecule has 1 aliphatic heterocycles. The lowest BCUT2D eigenvalue weighted by molar-refractivity contribution is -0.305. The molecule has 1 rings (SSSR count). The van der Waals surface area contributed by atoms with Gasteiger partial charge < -0.3 is 45.1 Å². The summed E-state index contributed by atoms with van der Waals surface area (Å²) in [7, 11) is 0. The lowest BCUT2D eigenvalue weighted by atomic mass is 9.99. The lowest BCUT2D eigenvalue weighted by Crippen LogP contribution is -2.61. The van der Waals surface area contributed by atoms with Gasteiger partial charge in [-0.15, -0.1) is 0 Å². The van der Waals surface area contributed by atoms with Gasteiger partial charge in [-0.25, -0.2) is 0 Å². The Balaban J connectivity index is 2.51. The molecule has 1 heterocycles. The number of unbranched alkanes of at least 4 members (excludes halogenated alkanes) is 46. The minimum absolute atomic E-state index is 0.127. The molecule has 8 atom stereocenters. The average Bonchev–Trinajstić information content (AvgIpc) is 2.90. The SMILES string of the molecule is CCCCC/C=C\C/C=C\CCCCCCCCCCCCCCCCCC(=O)OC1C(OCC(NC(=O)C(O)CCCCCCCCCCCCCCCCCCCCCC)C(O)/C=C/CCCCCCCCCCC)OC(CO)C(O)C1O. The molecule has 8 unspecified atom stereocenters. The van der Waals surface area contributed by atoms with Gasteiger partial charge in [0, 0.05) is 6.42 Å². The number of aliphatic hydroxyl groups excluding tert-OH is 5. The molecule has 0 aliphatic carbocycles. The number of nitrogens with one attached hydrogen (secondary N) is 1. The van der Waals surface area contributed by atoms with Crippen LogP contribution in [0.2, 0.25) is 0 Å². The van der Waals surface area contributed by atoms with Crippen LogP contribution in [0.3, 0.4) is 0 Å². The predicted molar refractivity (Wildman–Crippen MR) is 357 cm³/mol. The molecule has 500 valence electrons. The highest BCUT2D eigenvalue weighted by atomic mass is 16.7. The van der Waals surface area contributed by atoms with Crippen LogP contribution in [0.4, 0.5) is 0 Å². The number of aliphatic hydroxyl groups is 5. The zero-order valence-electron chi connectivity index (χ0n) is 55.8. The Bertz CT molecular complexity index is 1520. The zero-order chi connectivity index (χ0) is 61.7. The first-order valence-electron chi connectivity index (χ1n) is 36.8. The molecule has 0 aromatic rings. The third-order valence-electron chi connectivity index (χ3n) is 17.5. The van der Waals surface area contributed by atoms with Crippen LogP contribution in [0.1, 0.15) is 361 Å². The van der Waals surface area contributed by atoms with Crippen molar-refractivity contribution in [3.63, 3.8) is 0 Å². The van der Waals surface area contributed by atoms with Crippen LogP contribution in [0.25, 0.3) is 0 Å². The number of rotatable bonds is 64. The first-order chi connectivity index (χ1) is 41.7. The maximum absolute atomic E-state index is 13.5.